The third-order valence-corrected chi connectivity index (χ3v) is 7.09. The molecule has 2 aliphatic rings. The van der Waals surface area contributed by atoms with E-state index in [1.165, 1.54) is 4.90 Å². The summed E-state index contributed by atoms with van der Waals surface area (Å²) in [5, 5.41) is 7.87. The van der Waals surface area contributed by atoms with Crippen LogP contribution >= 0.6 is 0 Å². The number of hydrogen-bond acceptors (Lipinski definition) is 5. The molecule has 192 valence electrons. The Balaban J connectivity index is 1.14. The van der Waals surface area contributed by atoms with Gasteiger partial charge in [-0.15, -0.1) is 0 Å². The van der Waals surface area contributed by atoms with Gasteiger partial charge >= 0.3 is 6.09 Å². The van der Waals surface area contributed by atoms with Crippen molar-refractivity contribution in [1.82, 2.24) is 10.6 Å². The predicted molar refractivity (Wildman–Crippen MR) is 140 cm³/mol. The lowest BCUT2D eigenvalue weighted by Crippen LogP contribution is -2.38. The van der Waals surface area contributed by atoms with Crippen LogP contribution in [0.15, 0.2) is 66.7 Å². The van der Waals surface area contributed by atoms with Crippen LogP contribution in [0.3, 0.4) is 0 Å². The molecule has 8 heteroatoms. The van der Waals surface area contributed by atoms with Gasteiger partial charge in [-0.2, -0.15) is 0 Å². The number of piperidine rings is 1. The van der Waals surface area contributed by atoms with E-state index in [0.717, 1.165) is 22.9 Å². The first-order valence-corrected chi connectivity index (χ1v) is 12.7. The number of hydrogen-bond donors (Lipinski definition) is 2. The summed E-state index contributed by atoms with van der Waals surface area (Å²) in [7, 11) is 0. The number of para-hydroxylation sites is 1. The molecule has 0 aliphatic carbocycles. The standard InChI is InChI=1S/C29H30FN3O4/c30-25-17-31-14-13-23(25)24-7-3-4-8-26(24)33-18-22(37-29(33)36)16-32-28(35)12-11-27(34)21-10-9-19-5-1-2-6-20(19)15-21/h1-10,15,22-23,25,31H,11-14,16-18H2,(H,32,35)/t22-,23?,25?/m0/s1. The van der Waals surface area contributed by atoms with Crippen LogP contribution in [0.4, 0.5) is 14.9 Å². The zero-order chi connectivity index (χ0) is 25.8. The lowest BCUT2D eigenvalue weighted by Gasteiger charge is -2.30. The van der Waals surface area contributed by atoms with E-state index in [9.17, 15) is 18.8 Å². The molecule has 2 unspecified atom stereocenters. The van der Waals surface area contributed by atoms with Crippen LogP contribution in [-0.4, -0.2) is 56.2 Å². The fourth-order valence-corrected chi connectivity index (χ4v) is 5.09. The van der Waals surface area contributed by atoms with Crippen LogP contribution in [0.25, 0.3) is 10.8 Å². The number of rotatable bonds is 8. The number of ether oxygens (including phenoxy) is 1. The van der Waals surface area contributed by atoms with Gasteiger partial charge < -0.3 is 15.4 Å². The largest absolute Gasteiger partial charge is 0.442 e. The summed E-state index contributed by atoms with van der Waals surface area (Å²) in [6, 6.07) is 20.7. The maximum absolute atomic E-state index is 14.6. The monoisotopic (exact) mass is 503 g/mol. The first-order valence-electron chi connectivity index (χ1n) is 12.7. The summed E-state index contributed by atoms with van der Waals surface area (Å²) in [6.07, 6.45) is -1.28. The molecule has 2 saturated heterocycles. The molecule has 0 saturated carbocycles. The second kappa shape index (κ2) is 11.1. The number of nitrogens with zero attached hydrogens (tertiary/aromatic N) is 1. The Kier molecular flexibility index (Phi) is 7.46. The zero-order valence-electron chi connectivity index (χ0n) is 20.5. The van der Waals surface area contributed by atoms with Crippen molar-refractivity contribution >= 4 is 34.2 Å². The van der Waals surface area contributed by atoms with Crippen LogP contribution in [0.2, 0.25) is 0 Å². The highest BCUT2D eigenvalue weighted by Gasteiger charge is 2.36. The smallest absolute Gasteiger partial charge is 0.414 e. The highest BCUT2D eigenvalue weighted by Crippen LogP contribution is 2.36. The van der Waals surface area contributed by atoms with Crippen molar-refractivity contribution in [2.45, 2.75) is 37.5 Å². The van der Waals surface area contributed by atoms with Crippen LogP contribution in [-0.2, 0) is 9.53 Å². The van der Waals surface area contributed by atoms with Gasteiger partial charge in [0.2, 0.25) is 5.91 Å². The summed E-state index contributed by atoms with van der Waals surface area (Å²) in [4.78, 5) is 39.2. The summed E-state index contributed by atoms with van der Waals surface area (Å²) in [6.45, 7) is 1.42. The van der Waals surface area contributed by atoms with Crippen LogP contribution in [0, 0.1) is 0 Å². The molecule has 3 aromatic carbocycles. The number of halogens is 1. The fraction of sp³-hybridized carbons (Fsp3) is 0.345. The quantitative estimate of drug-likeness (QED) is 0.446. The van der Waals surface area contributed by atoms with Crippen molar-refractivity contribution in [3.05, 3.63) is 77.9 Å². The Labute approximate surface area is 215 Å². The average Bonchev–Trinajstić information content (AvgIpc) is 3.30. The number of alkyl halides is 1. The minimum atomic E-state index is -1.03. The minimum absolute atomic E-state index is 0.0481. The number of anilines is 1. The van der Waals surface area contributed by atoms with Gasteiger partial charge in [0.1, 0.15) is 12.3 Å². The van der Waals surface area contributed by atoms with Gasteiger partial charge in [-0.05, 0) is 41.4 Å². The molecule has 3 atom stereocenters. The van der Waals surface area contributed by atoms with E-state index in [1.807, 2.05) is 60.7 Å². The van der Waals surface area contributed by atoms with E-state index < -0.39 is 18.4 Å². The van der Waals surface area contributed by atoms with Gasteiger partial charge in [0, 0.05) is 30.9 Å². The van der Waals surface area contributed by atoms with Crippen molar-refractivity contribution in [3.8, 4) is 0 Å². The molecule has 2 fully saturated rings. The Hall–Kier alpha value is -3.78. The molecule has 7 nitrogen and oxygen atoms in total. The third kappa shape index (κ3) is 5.64. The van der Waals surface area contributed by atoms with Gasteiger partial charge in [0.15, 0.2) is 5.78 Å². The maximum Gasteiger partial charge on any atom is 0.414 e. The second-order valence-corrected chi connectivity index (χ2v) is 9.58. The lowest BCUT2D eigenvalue weighted by atomic mass is 9.87. The Morgan fingerprint density at radius 2 is 1.81 bits per heavy atom. The summed E-state index contributed by atoms with van der Waals surface area (Å²) >= 11 is 0. The van der Waals surface area contributed by atoms with Gasteiger partial charge in [0.05, 0.1) is 18.8 Å². The van der Waals surface area contributed by atoms with Gasteiger partial charge in [-0.1, -0.05) is 54.6 Å². The first kappa shape index (κ1) is 24.9. The summed E-state index contributed by atoms with van der Waals surface area (Å²) < 4.78 is 20.1. The number of carbonyl (C=O) groups is 3. The highest BCUT2D eigenvalue weighted by atomic mass is 19.1. The van der Waals surface area contributed by atoms with Crippen LogP contribution < -0.4 is 15.5 Å². The van der Waals surface area contributed by atoms with Crippen molar-refractivity contribution in [3.63, 3.8) is 0 Å². The van der Waals surface area contributed by atoms with Gasteiger partial charge in [-0.3, -0.25) is 14.5 Å². The van der Waals surface area contributed by atoms with Crippen molar-refractivity contribution in [2.75, 3.05) is 31.1 Å². The predicted octanol–water partition coefficient (Wildman–Crippen LogP) is 4.36. The summed E-state index contributed by atoms with van der Waals surface area (Å²) in [5.41, 5.74) is 2.02. The molecule has 3 aromatic rings. The molecule has 2 aliphatic heterocycles. The fourth-order valence-electron chi connectivity index (χ4n) is 5.09. The van der Waals surface area contributed by atoms with Gasteiger partial charge in [0.25, 0.3) is 0 Å². The molecule has 0 bridgehead atoms. The number of Topliss-reactive ketones (excluding diaryl/α,β-unsaturated/α-hetero) is 1. The molecule has 37 heavy (non-hydrogen) atoms. The van der Waals surface area contributed by atoms with E-state index in [1.54, 1.807) is 6.07 Å². The van der Waals surface area contributed by atoms with Crippen LogP contribution in [0.5, 0.6) is 0 Å². The van der Waals surface area contributed by atoms with Crippen LogP contribution in [0.1, 0.15) is 41.1 Å². The van der Waals surface area contributed by atoms with Crippen molar-refractivity contribution in [1.29, 1.82) is 0 Å². The number of cyclic esters (lactones) is 1. The molecule has 0 radical (unpaired) electrons. The Morgan fingerprint density at radius 3 is 2.65 bits per heavy atom. The van der Waals surface area contributed by atoms with E-state index >= 15 is 0 Å². The SMILES string of the molecule is O=C(CCC(=O)c1ccc2ccccc2c1)NC[C@H]1CN(c2ccccc2C2CCNCC2F)C(=O)O1. The minimum Gasteiger partial charge on any atom is -0.442 e. The molecule has 2 N–H and O–H groups in total. The molecule has 2 heterocycles. The number of nitrogens with one attached hydrogen (secondary N) is 2. The molecule has 0 spiro atoms. The van der Waals surface area contributed by atoms with Crippen molar-refractivity contribution in [2.24, 2.45) is 0 Å². The lowest BCUT2D eigenvalue weighted by molar-refractivity contribution is -0.121. The molecule has 5 rings (SSSR count). The molecular formula is C29H30FN3O4. The molecule has 2 amide bonds. The first-order chi connectivity index (χ1) is 18.0. The average molecular weight is 504 g/mol. The number of fused-ring (bicyclic) bond motifs is 1. The van der Waals surface area contributed by atoms with E-state index in [4.69, 9.17) is 4.74 Å². The maximum atomic E-state index is 14.6. The van der Waals surface area contributed by atoms with Gasteiger partial charge in [-0.25, -0.2) is 9.18 Å². The molecular weight excluding hydrogens is 473 g/mol. The molecule has 0 aromatic heterocycles. The number of ketones is 1. The topological polar surface area (TPSA) is 87.7 Å². The third-order valence-electron chi connectivity index (χ3n) is 7.09. The van der Waals surface area contributed by atoms with E-state index in [-0.39, 0.29) is 43.5 Å². The number of benzene rings is 3. The number of carbonyl (C=O) groups excluding carboxylic acids is 3. The van der Waals surface area contributed by atoms with E-state index in [2.05, 4.69) is 10.6 Å². The highest BCUT2D eigenvalue weighted by molar-refractivity contribution is 6.01. The zero-order valence-corrected chi connectivity index (χ0v) is 20.5. The van der Waals surface area contributed by atoms with E-state index in [0.29, 0.717) is 24.2 Å². The second-order valence-electron chi connectivity index (χ2n) is 9.58. The number of amides is 2. The Bertz CT molecular complexity index is 1310. The Morgan fingerprint density at radius 1 is 1.03 bits per heavy atom. The summed E-state index contributed by atoms with van der Waals surface area (Å²) in [5.74, 6) is -0.664. The van der Waals surface area contributed by atoms with Crippen molar-refractivity contribution < 1.29 is 23.5 Å². The normalized spacial score (nSPS) is 21.6.